The number of hydrogen-bond donors (Lipinski definition) is 0. The lowest BCUT2D eigenvalue weighted by Gasteiger charge is -2.08. The van der Waals surface area contributed by atoms with Crippen LogP contribution in [0.3, 0.4) is 0 Å². The van der Waals surface area contributed by atoms with E-state index in [-0.39, 0.29) is 5.78 Å². The number of allylic oxidation sites excluding steroid dienone is 2. The van der Waals surface area contributed by atoms with Crippen LogP contribution in [0.25, 0.3) is 0 Å². The molecule has 0 amide bonds. The number of carbonyl (C=O) groups is 1. The number of benzene rings is 2. The van der Waals surface area contributed by atoms with Gasteiger partial charge in [0.05, 0.1) is 24.3 Å². The topological polar surface area (TPSA) is 35.5 Å². The van der Waals surface area contributed by atoms with Gasteiger partial charge in [0.2, 0.25) is 0 Å². The molecule has 3 nitrogen and oxygen atoms in total. The Bertz CT molecular complexity index is 754. The molecule has 126 valence electrons. The second-order valence-electron chi connectivity index (χ2n) is 5.15. The molecule has 0 heterocycles. The molecule has 0 saturated heterocycles. The van der Waals surface area contributed by atoms with Gasteiger partial charge in [-0.2, -0.15) is 0 Å². The lowest BCUT2D eigenvalue weighted by atomic mass is 10.1. The van der Waals surface area contributed by atoms with Crippen LogP contribution in [0.2, 0.25) is 10.0 Å². The van der Waals surface area contributed by atoms with Crippen LogP contribution in [0, 0.1) is 0 Å². The zero-order valence-corrected chi connectivity index (χ0v) is 15.0. The molecule has 0 radical (unpaired) electrons. The van der Waals surface area contributed by atoms with E-state index in [0.29, 0.717) is 34.4 Å². The minimum Gasteiger partial charge on any atom is -0.493 e. The summed E-state index contributed by atoms with van der Waals surface area (Å²) in [5.74, 6) is 1.25. The van der Waals surface area contributed by atoms with Crippen LogP contribution in [-0.4, -0.2) is 20.0 Å². The number of methoxy groups -OCH3 is 2. The summed E-state index contributed by atoms with van der Waals surface area (Å²) >= 11 is 12.1. The van der Waals surface area contributed by atoms with Gasteiger partial charge >= 0.3 is 0 Å². The average Bonchev–Trinajstić information content (AvgIpc) is 2.58. The number of halogens is 2. The lowest BCUT2D eigenvalue weighted by Crippen LogP contribution is -2.00. The van der Waals surface area contributed by atoms with Gasteiger partial charge in [0, 0.05) is 6.42 Å². The number of ether oxygens (including phenoxy) is 2. The quantitative estimate of drug-likeness (QED) is 0.654. The van der Waals surface area contributed by atoms with Crippen molar-refractivity contribution in [2.75, 3.05) is 14.2 Å². The van der Waals surface area contributed by atoms with E-state index in [1.54, 1.807) is 44.6 Å². The summed E-state index contributed by atoms with van der Waals surface area (Å²) in [5, 5.41) is 1.04. The van der Waals surface area contributed by atoms with Crippen molar-refractivity contribution in [3.8, 4) is 11.5 Å². The monoisotopic (exact) mass is 364 g/mol. The standard InChI is InChI=1S/C19H18Cl2O3/c1-23-17-10-9-13(12-18(17)24-2)11-15(22)7-3-5-14-6-4-8-16(20)19(14)21/h3-4,6-10,12H,5,11H2,1-2H3/b7-3+. The van der Waals surface area contributed by atoms with Gasteiger partial charge in [0.25, 0.3) is 0 Å². The summed E-state index contributed by atoms with van der Waals surface area (Å²) in [6.07, 6.45) is 4.20. The van der Waals surface area contributed by atoms with Crippen LogP contribution >= 0.6 is 23.2 Å². The first-order valence-corrected chi connectivity index (χ1v) is 8.14. The van der Waals surface area contributed by atoms with E-state index in [2.05, 4.69) is 0 Å². The van der Waals surface area contributed by atoms with Gasteiger partial charge in [-0.3, -0.25) is 4.79 Å². The van der Waals surface area contributed by atoms with Gasteiger partial charge in [-0.1, -0.05) is 47.5 Å². The SMILES string of the molecule is COc1ccc(CC(=O)/C=C/Cc2cccc(Cl)c2Cl)cc1OC. The normalized spacial score (nSPS) is 10.8. The fourth-order valence-corrected chi connectivity index (χ4v) is 2.67. The number of ketones is 1. The molecule has 2 aromatic carbocycles. The molecule has 0 atom stereocenters. The Morgan fingerprint density at radius 3 is 2.54 bits per heavy atom. The van der Waals surface area contributed by atoms with Gasteiger partial charge in [-0.15, -0.1) is 0 Å². The Balaban J connectivity index is 1.99. The highest BCUT2D eigenvalue weighted by atomic mass is 35.5. The molecular formula is C19H18Cl2O3. The number of carbonyl (C=O) groups excluding carboxylic acids is 1. The van der Waals surface area contributed by atoms with Gasteiger partial charge in [-0.25, -0.2) is 0 Å². The van der Waals surface area contributed by atoms with Crippen molar-refractivity contribution < 1.29 is 14.3 Å². The molecule has 0 aromatic heterocycles. The summed E-state index contributed by atoms with van der Waals surface area (Å²) in [5.41, 5.74) is 1.75. The molecule has 0 unspecified atom stereocenters. The fraction of sp³-hybridized carbons (Fsp3) is 0.211. The Labute approximate surface area is 151 Å². The second kappa shape index (κ2) is 8.76. The summed E-state index contributed by atoms with van der Waals surface area (Å²) in [4.78, 5) is 12.1. The molecule has 24 heavy (non-hydrogen) atoms. The average molecular weight is 365 g/mol. The van der Waals surface area contributed by atoms with Gasteiger partial charge in [0.15, 0.2) is 17.3 Å². The van der Waals surface area contributed by atoms with E-state index < -0.39 is 0 Å². The smallest absolute Gasteiger partial charge is 0.161 e. The van der Waals surface area contributed by atoms with Crippen molar-refractivity contribution in [2.45, 2.75) is 12.8 Å². The van der Waals surface area contributed by atoms with Crippen LogP contribution in [0.1, 0.15) is 11.1 Å². The van der Waals surface area contributed by atoms with E-state index in [0.717, 1.165) is 11.1 Å². The maximum Gasteiger partial charge on any atom is 0.161 e. The van der Waals surface area contributed by atoms with E-state index in [4.69, 9.17) is 32.7 Å². The molecular weight excluding hydrogens is 347 g/mol. The first kappa shape index (κ1) is 18.4. The lowest BCUT2D eigenvalue weighted by molar-refractivity contribution is -0.114. The third-order valence-electron chi connectivity index (χ3n) is 3.50. The molecule has 0 bridgehead atoms. The molecule has 0 aliphatic rings. The molecule has 0 N–H and O–H groups in total. The second-order valence-corrected chi connectivity index (χ2v) is 5.94. The van der Waals surface area contributed by atoms with Crippen molar-refractivity contribution in [3.05, 3.63) is 69.7 Å². The summed E-state index contributed by atoms with van der Waals surface area (Å²) in [7, 11) is 3.14. The summed E-state index contributed by atoms with van der Waals surface area (Å²) < 4.78 is 10.4. The Hall–Kier alpha value is -1.97. The maximum absolute atomic E-state index is 12.1. The highest BCUT2D eigenvalue weighted by Crippen LogP contribution is 2.28. The molecule has 0 fully saturated rings. The Kier molecular flexibility index (Phi) is 6.71. The van der Waals surface area contributed by atoms with Gasteiger partial charge in [0.1, 0.15) is 0 Å². The summed E-state index contributed by atoms with van der Waals surface area (Å²) in [6.45, 7) is 0. The number of hydrogen-bond acceptors (Lipinski definition) is 3. The molecule has 2 aromatic rings. The predicted octanol–water partition coefficient (Wildman–Crippen LogP) is 4.92. The fourth-order valence-electron chi connectivity index (χ4n) is 2.27. The minimum absolute atomic E-state index is 0.000343. The van der Waals surface area contributed by atoms with Crippen molar-refractivity contribution >= 4 is 29.0 Å². The van der Waals surface area contributed by atoms with Crippen LogP contribution in [-0.2, 0) is 17.6 Å². The van der Waals surface area contributed by atoms with E-state index in [1.807, 2.05) is 18.2 Å². The van der Waals surface area contributed by atoms with E-state index in [1.165, 1.54) is 0 Å². The first-order chi connectivity index (χ1) is 11.5. The molecule has 2 rings (SSSR count). The molecule has 0 aliphatic carbocycles. The van der Waals surface area contributed by atoms with E-state index in [9.17, 15) is 4.79 Å². The third-order valence-corrected chi connectivity index (χ3v) is 4.36. The van der Waals surface area contributed by atoms with Crippen LogP contribution < -0.4 is 9.47 Å². The van der Waals surface area contributed by atoms with Gasteiger partial charge in [-0.05, 0) is 41.8 Å². The van der Waals surface area contributed by atoms with Crippen molar-refractivity contribution in [2.24, 2.45) is 0 Å². The first-order valence-electron chi connectivity index (χ1n) is 7.38. The predicted molar refractivity (Wildman–Crippen MR) is 97.6 cm³/mol. The molecule has 5 heteroatoms. The minimum atomic E-state index is 0.000343. The van der Waals surface area contributed by atoms with Crippen LogP contribution in [0.15, 0.2) is 48.6 Å². The maximum atomic E-state index is 12.1. The Morgan fingerprint density at radius 1 is 1.08 bits per heavy atom. The zero-order valence-electron chi connectivity index (χ0n) is 13.5. The third kappa shape index (κ3) is 4.76. The molecule has 0 aliphatic heterocycles. The zero-order chi connectivity index (χ0) is 17.5. The van der Waals surface area contributed by atoms with Gasteiger partial charge < -0.3 is 9.47 Å². The van der Waals surface area contributed by atoms with E-state index >= 15 is 0 Å². The molecule has 0 saturated carbocycles. The van der Waals surface area contributed by atoms with Crippen LogP contribution in [0.4, 0.5) is 0 Å². The largest absolute Gasteiger partial charge is 0.493 e. The van der Waals surface area contributed by atoms with Crippen molar-refractivity contribution in [3.63, 3.8) is 0 Å². The van der Waals surface area contributed by atoms with Crippen LogP contribution in [0.5, 0.6) is 11.5 Å². The number of rotatable bonds is 7. The summed E-state index contributed by atoms with van der Waals surface area (Å²) in [6, 6.07) is 10.9. The highest BCUT2D eigenvalue weighted by molar-refractivity contribution is 6.42. The van der Waals surface area contributed by atoms with Crippen molar-refractivity contribution in [1.82, 2.24) is 0 Å². The molecule has 0 spiro atoms. The Morgan fingerprint density at radius 2 is 1.83 bits per heavy atom. The van der Waals surface area contributed by atoms with Crippen molar-refractivity contribution in [1.29, 1.82) is 0 Å². The highest BCUT2D eigenvalue weighted by Gasteiger charge is 2.07.